The van der Waals surface area contributed by atoms with Gasteiger partial charge >= 0.3 is 0 Å². The third-order valence-corrected chi connectivity index (χ3v) is 3.44. The van der Waals surface area contributed by atoms with Crippen molar-refractivity contribution in [2.24, 2.45) is 5.92 Å². The summed E-state index contributed by atoms with van der Waals surface area (Å²) in [7, 11) is 0. The van der Waals surface area contributed by atoms with Gasteiger partial charge in [0, 0.05) is 30.6 Å². The number of pyridine rings is 1. The van der Waals surface area contributed by atoms with Crippen LogP contribution in [0.3, 0.4) is 0 Å². The highest BCUT2D eigenvalue weighted by Crippen LogP contribution is 2.18. The molecule has 1 aromatic rings. The van der Waals surface area contributed by atoms with Crippen molar-refractivity contribution in [3.05, 3.63) is 30.1 Å². The zero-order chi connectivity index (χ0) is 13.0. The normalized spacial score (nSPS) is 27.1. The van der Waals surface area contributed by atoms with Crippen molar-refractivity contribution in [2.45, 2.75) is 38.9 Å². The van der Waals surface area contributed by atoms with E-state index in [0.717, 1.165) is 5.69 Å². The van der Waals surface area contributed by atoms with E-state index >= 15 is 0 Å². The Morgan fingerprint density at radius 3 is 2.67 bits per heavy atom. The van der Waals surface area contributed by atoms with Crippen molar-refractivity contribution in [3.8, 4) is 0 Å². The highest BCUT2D eigenvalue weighted by Gasteiger charge is 2.31. The van der Waals surface area contributed by atoms with Crippen molar-refractivity contribution >= 4 is 5.91 Å². The number of hydrogen-bond donors (Lipinski definition) is 3. The zero-order valence-corrected chi connectivity index (χ0v) is 10.8. The molecule has 0 aliphatic carbocycles. The first-order valence-electron chi connectivity index (χ1n) is 6.34. The molecule has 3 N–H and O–H groups in total. The molecule has 1 amide bonds. The lowest BCUT2D eigenvalue weighted by molar-refractivity contribution is -0.122. The Morgan fingerprint density at radius 1 is 1.33 bits per heavy atom. The number of aromatic nitrogens is 1. The van der Waals surface area contributed by atoms with Crippen LogP contribution in [0.5, 0.6) is 0 Å². The van der Waals surface area contributed by atoms with Crippen LogP contribution in [0.2, 0.25) is 0 Å². The van der Waals surface area contributed by atoms with Gasteiger partial charge in [0.25, 0.3) is 0 Å². The number of rotatable bonds is 4. The van der Waals surface area contributed by atoms with Crippen LogP contribution < -0.4 is 16.2 Å². The molecule has 0 bridgehead atoms. The zero-order valence-electron chi connectivity index (χ0n) is 10.8. The molecule has 0 saturated carbocycles. The van der Waals surface area contributed by atoms with Gasteiger partial charge in [-0.1, -0.05) is 6.07 Å². The summed E-state index contributed by atoms with van der Waals surface area (Å²) in [6.07, 6.45) is 2.27. The average molecular weight is 248 g/mol. The molecule has 98 valence electrons. The van der Waals surface area contributed by atoms with E-state index in [0.29, 0.717) is 31.0 Å². The van der Waals surface area contributed by atoms with Gasteiger partial charge in [-0.25, -0.2) is 0 Å². The number of carbonyl (C=O) groups excluding carboxylic acids is 1. The molecule has 0 aromatic carbocycles. The number of amides is 1. The number of nitrogens with one attached hydrogen (secondary N) is 3. The van der Waals surface area contributed by atoms with Crippen molar-refractivity contribution in [2.75, 3.05) is 0 Å². The van der Waals surface area contributed by atoms with Gasteiger partial charge in [-0.2, -0.15) is 0 Å². The van der Waals surface area contributed by atoms with Crippen molar-refractivity contribution < 1.29 is 4.79 Å². The molecular weight excluding hydrogens is 228 g/mol. The smallest absolute Gasteiger partial charge is 0.220 e. The Bertz CT molecular complexity index is 385. The topological polar surface area (TPSA) is 66.0 Å². The monoisotopic (exact) mass is 248 g/mol. The van der Waals surface area contributed by atoms with Gasteiger partial charge in [-0.15, -0.1) is 0 Å². The molecule has 2 unspecified atom stereocenters. The highest BCUT2D eigenvalue weighted by atomic mass is 16.1. The summed E-state index contributed by atoms with van der Waals surface area (Å²) in [4.78, 5) is 16.0. The van der Waals surface area contributed by atoms with E-state index < -0.39 is 0 Å². The predicted octanol–water partition coefficient (Wildman–Crippen LogP) is 0.589. The molecule has 5 nitrogen and oxygen atoms in total. The summed E-state index contributed by atoms with van der Waals surface area (Å²) in [6.45, 7) is 4.68. The first-order chi connectivity index (χ1) is 8.66. The van der Waals surface area contributed by atoms with E-state index in [1.807, 2.05) is 18.2 Å². The van der Waals surface area contributed by atoms with Gasteiger partial charge in [0.05, 0.1) is 12.2 Å². The van der Waals surface area contributed by atoms with Gasteiger partial charge < -0.3 is 5.32 Å². The minimum atomic E-state index is 0.0786. The van der Waals surface area contributed by atoms with E-state index in [4.69, 9.17) is 0 Å². The summed E-state index contributed by atoms with van der Waals surface area (Å²) in [6, 6.07) is 6.33. The Morgan fingerprint density at radius 2 is 2.06 bits per heavy atom. The second kappa shape index (κ2) is 5.93. The lowest BCUT2D eigenvalue weighted by Gasteiger charge is -2.17. The Labute approximate surface area is 107 Å². The average Bonchev–Trinajstić information content (AvgIpc) is 2.69. The number of hydrogen-bond acceptors (Lipinski definition) is 4. The SMILES string of the molecule is CC1NNC(C)C1CC(=O)NCc1ccccn1. The quantitative estimate of drug-likeness (QED) is 0.729. The highest BCUT2D eigenvalue weighted by molar-refractivity contribution is 5.76. The van der Waals surface area contributed by atoms with E-state index in [2.05, 4.69) is 35.0 Å². The standard InChI is InChI=1S/C13H20N4O/c1-9-12(10(2)17-16-9)7-13(18)15-8-11-5-3-4-6-14-11/h3-6,9-10,12,16-17H,7-8H2,1-2H3,(H,15,18). The number of nitrogens with zero attached hydrogens (tertiary/aromatic N) is 1. The predicted molar refractivity (Wildman–Crippen MR) is 69.4 cm³/mol. The van der Waals surface area contributed by atoms with Crippen LogP contribution in [0.1, 0.15) is 26.0 Å². The van der Waals surface area contributed by atoms with Gasteiger partial charge in [0.2, 0.25) is 5.91 Å². The fourth-order valence-corrected chi connectivity index (χ4v) is 2.24. The lowest BCUT2D eigenvalue weighted by atomic mass is 9.93. The summed E-state index contributed by atoms with van der Waals surface area (Å²) in [5, 5.41) is 2.91. The summed E-state index contributed by atoms with van der Waals surface area (Å²) in [5.41, 5.74) is 7.20. The molecule has 1 saturated heterocycles. The Kier molecular flexibility index (Phi) is 4.28. The van der Waals surface area contributed by atoms with E-state index in [9.17, 15) is 4.79 Å². The fourth-order valence-electron chi connectivity index (χ4n) is 2.24. The van der Waals surface area contributed by atoms with Crippen LogP contribution in [-0.4, -0.2) is 23.0 Å². The van der Waals surface area contributed by atoms with Crippen LogP contribution in [0.4, 0.5) is 0 Å². The molecule has 1 aliphatic rings. The molecule has 2 atom stereocenters. The van der Waals surface area contributed by atoms with Gasteiger partial charge in [0.1, 0.15) is 0 Å². The molecule has 5 heteroatoms. The molecule has 2 heterocycles. The van der Waals surface area contributed by atoms with Crippen molar-refractivity contribution in [1.82, 2.24) is 21.2 Å². The number of hydrazine groups is 1. The fraction of sp³-hybridized carbons (Fsp3) is 0.538. The summed E-state index contributed by atoms with van der Waals surface area (Å²) >= 11 is 0. The molecule has 1 aliphatic heterocycles. The van der Waals surface area contributed by atoms with Crippen LogP contribution in [-0.2, 0) is 11.3 Å². The maximum absolute atomic E-state index is 11.9. The maximum atomic E-state index is 11.9. The van der Waals surface area contributed by atoms with E-state index in [1.165, 1.54) is 0 Å². The largest absolute Gasteiger partial charge is 0.350 e. The maximum Gasteiger partial charge on any atom is 0.220 e. The van der Waals surface area contributed by atoms with Gasteiger partial charge in [0.15, 0.2) is 0 Å². The molecular formula is C13H20N4O. The second-order valence-electron chi connectivity index (χ2n) is 4.83. The first-order valence-corrected chi connectivity index (χ1v) is 6.34. The first kappa shape index (κ1) is 13.0. The van der Waals surface area contributed by atoms with Gasteiger partial charge in [-0.05, 0) is 26.0 Å². The minimum Gasteiger partial charge on any atom is -0.350 e. The molecule has 1 aromatic heterocycles. The van der Waals surface area contributed by atoms with E-state index in [-0.39, 0.29) is 5.91 Å². The molecule has 0 spiro atoms. The number of carbonyl (C=O) groups is 1. The van der Waals surface area contributed by atoms with Gasteiger partial charge in [-0.3, -0.25) is 20.6 Å². The summed E-state index contributed by atoms with van der Waals surface area (Å²) in [5.74, 6) is 0.406. The van der Waals surface area contributed by atoms with Crippen molar-refractivity contribution in [1.29, 1.82) is 0 Å². The van der Waals surface area contributed by atoms with Crippen molar-refractivity contribution in [3.63, 3.8) is 0 Å². The minimum absolute atomic E-state index is 0.0786. The van der Waals surface area contributed by atoms with E-state index in [1.54, 1.807) is 6.20 Å². The molecule has 1 fully saturated rings. The van der Waals surface area contributed by atoms with Crippen LogP contribution in [0.25, 0.3) is 0 Å². The lowest BCUT2D eigenvalue weighted by Crippen LogP contribution is -2.32. The third-order valence-electron chi connectivity index (χ3n) is 3.44. The van der Waals surface area contributed by atoms with Crippen LogP contribution >= 0.6 is 0 Å². The van der Waals surface area contributed by atoms with Crippen LogP contribution in [0, 0.1) is 5.92 Å². The Balaban J connectivity index is 1.79. The molecule has 18 heavy (non-hydrogen) atoms. The van der Waals surface area contributed by atoms with Crippen LogP contribution in [0.15, 0.2) is 24.4 Å². The third kappa shape index (κ3) is 3.27. The summed E-state index contributed by atoms with van der Waals surface area (Å²) < 4.78 is 0. The Hall–Kier alpha value is -1.46. The second-order valence-corrected chi connectivity index (χ2v) is 4.83. The molecule has 2 rings (SSSR count). The molecule has 0 radical (unpaired) electrons.